The smallest absolute Gasteiger partial charge is 0.243 e. The standard InChI is InChI=1S/C13H19ClN2O2S2/c1-5-13(2,3)16(4)20(17,18)9-6-7-10(12(15)19)11(14)8-9/h6-8H,5H2,1-4H3,(H2,15,19). The molecule has 0 atom stereocenters. The summed E-state index contributed by atoms with van der Waals surface area (Å²) in [7, 11) is -2.05. The summed E-state index contributed by atoms with van der Waals surface area (Å²) in [5, 5.41) is 0.237. The van der Waals surface area contributed by atoms with Gasteiger partial charge < -0.3 is 5.73 Å². The molecule has 4 nitrogen and oxygen atoms in total. The van der Waals surface area contributed by atoms with Gasteiger partial charge in [-0.25, -0.2) is 8.42 Å². The first-order chi connectivity index (χ1) is 9.04. The predicted molar refractivity (Wildman–Crippen MR) is 86.7 cm³/mol. The molecular weight excluding hydrogens is 316 g/mol. The van der Waals surface area contributed by atoms with Crippen molar-refractivity contribution >= 4 is 38.8 Å². The number of nitrogens with zero attached hydrogens (tertiary/aromatic N) is 1. The Bertz CT molecular complexity index is 627. The number of thiocarbonyl (C=S) groups is 1. The van der Waals surface area contributed by atoms with Crippen LogP contribution in [0.1, 0.15) is 32.8 Å². The lowest BCUT2D eigenvalue weighted by atomic mass is 10.0. The number of hydrogen-bond acceptors (Lipinski definition) is 3. The average molecular weight is 335 g/mol. The summed E-state index contributed by atoms with van der Waals surface area (Å²) in [5.74, 6) is 0. The highest BCUT2D eigenvalue weighted by molar-refractivity contribution is 7.89. The molecule has 0 amide bonds. The molecule has 0 aliphatic rings. The Hall–Kier alpha value is -0.690. The van der Waals surface area contributed by atoms with Crippen LogP contribution in [0.2, 0.25) is 5.02 Å². The SMILES string of the molecule is CCC(C)(C)N(C)S(=O)(=O)c1ccc(C(N)=S)c(Cl)c1. The van der Waals surface area contributed by atoms with Crippen molar-refractivity contribution < 1.29 is 8.42 Å². The maximum absolute atomic E-state index is 12.6. The molecule has 1 aromatic rings. The van der Waals surface area contributed by atoms with Gasteiger partial charge in [0.1, 0.15) is 4.99 Å². The van der Waals surface area contributed by atoms with Gasteiger partial charge in [0.2, 0.25) is 10.0 Å². The second-order valence-corrected chi connectivity index (χ2v) is 7.96. The third-order valence-corrected chi connectivity index (χ3v) is 6.18. The molecule has 0 aromatic heterocycles. The summed E-state index contributed by atoms with van der Waals surface area (Å²) in [4.78, 5) is 0.271. The van der Waals surface area contributed by atoms with Crippen LogP contribution in [0.5, 0.6) is 0 Å². The molecule has 2 N–H and O–H groups in total. The van der Waals surface area contributed by atoms with Crippen molar-refractivity contribution in [2.45, 2.75) is 37.6 Å². The minimum absolute atomic E-state index is 0.131. The van der Waals surface area contributed by atoms with Gasteiger partial charge in [-0.05, 0) is 38.5 Å². The fourth-order valence-electron chi connectivity index (χ4n) is 1.56. The fourth-order valence-corrected chi connectivity index (χ4v) is 3.75. The number of halogens is 1. The van der Waals surface area contributed by atoms with Gasteiger partial charge in [-0.3, -0.25) is 0 Å². The van der Waals surface area contributed by atoms with E-state index in [0.29, 0.717) is 12.0 Å². The molecule has 112 valence electrons. The Balaban J connectivity index is 3.31. The molecule has 0 spiro atoms. The number of sulfonamides is 1. The molecular formula is C13H19ClN2O2S2. The van der Waals surface area contributed by atoms with Crippen molar-refractivity contribution in [2.24, 2.45) is 5.73 Å². The second kappa shape index (κ2) is 5.97. The fraction of sp³-hybridized carbons (Fsp3) is 0.462. The van der Waals surface area contributed by atoms with Crippen LogP contribution >= 0.6 is 23.8 Å². The lowest BCUT2D eigenvalue weighted by Gasteiger charge is -2.33. The molecule has 20 heavy (non-hydrogen) atoms. The molecule has 0 aliphatic carbocycles. The second-order valence-electron chi connectivity index (χ2n) is 5.14. The lowest BCUT2D eigenvalue weighted by Crippen LogP contribution is -2.44. The van der Waals surface area contributed by atoms with Crippen molar-refractivity contribution in [1.82, 2.24) is 4.31 Å². The molecule has 0 saturated heterocycles. The van der Waals surface area contributed by atoms with Crippen LogP contribution in [0, 0.1) is 0 Å². The molecule has 0 radical (unpaired) electrons. The molecule has 0 heterocycles. The Morgan fingerprint density at radius 2 is 2.00 bits per heavy atom. The third-order valence-electron chi connectivity index (χ3n) is 3.58. The van der Waals surface area contributed by atoms with Gasteiger partial charge in [0.15, 0.2) is 0 Å². The summed E-state index contributed by atoms with van der Waals surface area (Å²) in [6.45, 7) is 5.68. The number of hydrogen-bond donors (Lipinski definition) is 1. The predicted octanol–water partition coefficient (Wildman–Crippen LogP) is 2.78. The quantitative estimate of drug-likeness (QED) is 0.841. The van der Waals surface area contributed by atoms with Gasteiger partial charge in [-0.1, -0.05) is 30.7 Å². The van der Waals surface area contributed by atoms with Crippen LogP contribution in [0.4, 0.5) is 0 Å². The van der Waals surface area contributed by atoms with Gasteiger partial charge >= 0.3 is 0 Å². The van der Waals surface area contributed by atoms with Crippen molar-refractivity contribution in [2.75, 3.05) is 7.05 Å². The first kappa shape index (κ1) is 17.4. The number of benzene rings is 1. The molecule has 7 heteroatoms. The Labute approximate surface area is 131 Å². The van der Waals surface area contributed by atoms with Crippen LogP contribution in [0.25, 0.3) is 0 Å². The van der Waals surface area contributed by atoms with Gasteiger partial charge in [0.25, 0.3) is 0 Å². The van der Waals surface area contributed by atoms with Crippen LogP contribution < -0.4 is 5.73 Å². The zero-order valence-electron chi connectivity index (χ0n) is 12.0. The number of nitrogens with two attached hydrogens (primary N) is 1. The summed E-state index contributed by atoms with van der Waals surface area (Å²) in [6.07, 6.45) is 0.696. The first-order valence-electron chi connectivity index (χ1n) is 6.12. The summed E-state index contributed by atoms with van der Waals surface area (Å²) >= 11 is 10.9. The Morgan fingerprint density at radius 1 is 1.45 bits per heavy atom. The van der Waals surface area contributed by atoms with Gasteiger partial charge in [-0.2, -0.15) is 4.31 Å². The summed E-state index contributed by atoms with van der Waals surface area (Å²) in [6, 6.07) is 4.38. The van der Waals surface area contributed by atoms with Gasteiger partial charge in [0, 0.05) is 18.2 Å². The lowest BCUT2D eigenvalue weighted by molar-refractivity contribution is 0.257. The highest BCUT2D eigenvalue weighted by Gasteiger charge is 2.32. The van der Waals surface area contributed by atoms with Crippen LogP contribution in [-0.2, 0) is 10.0 Å². The van der Waals surface area contributed by atoms with E-state index in [1.165, 1.54) is 22.5 Å². The molecule has 0 fully saturated rings. The molecule has 0 bridgehead atoms. The molecule has 0 aliphatic heterocycles. The maximum Gasteiger partial charge on any atom is 0.243 e. The molecule has 1 rings (SSSR count). The van der Waals surface area contributed by atoms with Crippen molar-refractivity contribution in [3.8, 4) is 0 Å². The zero-order chi connectivity index (χ0) is 15.7. The normalized spacial score (nSPS) is 12.7. The van der Waals surface area contributed by atoms with E-state index in [-0.39, 0.29) is 14.9 Å². The minimum atomic E-state index is -3.61. The molecule has 1 aromatic carbocycles. The highest BCUT2D eigenvalue weighted by Crippen LogP contribution is 2.28. The van der Waals surface area contributed by atoms with E-state index in [2.05, 4.69) is 0 Å². The van der Waals surface area contributed by atoms with E-state index in [9.17, 15) is 8.42 Å². The van der Waals surface area contributed by atoms with Crippen LogP contribution in [0.15, 0.2) is 23.1 Å². The number of rotatable bonds is 5. The van der Waals surface area contributed by atoms with Gasteiger partial charge in [0.05, 0.1) is 9.92 Å². The Morgan fingerprint density at radius 3 is 2.40 bits per heavy atom. The minimum Gasteiger partial charge on any atom is -0.389 e. The molecule has 0 saturated carbocycles. The Kier molecular flexibility index (Phi) is 5.18. The summed E-state index contributed by atoms with van der Waals surface area (Å²) < 4.78 is 26.5. The third kappa shape index (κ3) is 3.31. The largest absolute Gasteiger partial charge is 0.389 e. The maximum atomic E-state index is 12.6. The summed E-state index contributed by atoms with van der Waals surface area (Å²) in [5.41, 5.74) is 5.50. The van der Waals surface area contributed by atoms with Crippen LogP contribution in [0.3, 0.4) is 0 Å². The monoisotopic (exact) mass is 334 g/mol. The van der Waals surface area contributed by atoms with E-state index in [4.69, 9.17) is 29.6 Å². The van der Waals surface area contributed by atoms with Crippen molar-refractivity contribution in [3.63, 3.8) is 0 Å². The van der Waals surface area contributed by atoms with Crippen LogP contribution in [-0.4, -0.2) is 30.3 Å². The van der Waals surface area contributed by atoms with E-state index >= 15 is 0 Å². The van der Waals surface area contributed by atoms with E-state index in [1.54, 1.807) is 7.05 Å². The van der Waals surface area contributed by atoms with Gasteiger partial charge in [-0.15, -0.1) is 0 Å². The highest BCUT2D eigenvalue weighted by atomic mass is 35.5. The van der Waals surface area contributed by atoms with Crippen molar-refractivity contribution in [1.29, 1.82) is 0 Å². The average Bonchev–Trinajstić information content (AvgIpc) is 2.37. The molecule has 0 unspecified atom stereocenters. The topological polar surface area (TPSA) is 63.4 Å². The van der Waals surface area contributed by atoms with E-state index in [0.717, 1.165) is 0 Å². The van der Waals surface area contributed by atoms with E-state index in [1.807, 2.05) is 20.8 Å². The van der Waals surface area contributed by atoms with E-state index < -0.39 is 15.6 Å². The zero-order valence-corrected chi connectivity index (χ0v) is 14.4. The van der Waals surface area contributed by atoms with Crippen molar-refractivity contribution in [3.05, 3.63) is 28.8 Å². The first-order valence-corrected chi connectivity index (χ1v) is 8.35.